The third-order valence-corrected chi connectivity index (χ3v) is 3.69. The molecule has 1 aromatic heterocycles. The molecule has 0 spiro atoms. The molecule has 0 bridgehead atoms. The van der Waals surface area contributed by atoms with Gasteiger partial charge < -0.3 is 4.74 Å². The summed E-state index contributed by atoms with van der Waals surface area (Å²) >= 11 is 1.40. The van der Waals surface area contributed by atoms with Crippen molar-refractivity contribution in [1.29, 1.82) is 0 Å². The maximum atomic E-state index is 13.2. The first-order chi connectivity index (χ1) is 9.02. The van der Waals surface area contributed by atoms with Crippen LogP contribution in [0.25, 0.3) is 10.6 Å². The van der Waals surface area contributed by atoms with E-state index in [1.165, 1.54) is 17.4 Å². The van der Waals surface area contributed by atoms with Crippen molar-refractivity contribution >= 4 is 17.3 Å². The van der Waals surface area contributed by atoms with Crippen molar-refractivity contribution in [2.75, 3.05) is 6.61 Å². The molecule has 0 unspecified atom stereocenters. The Morgan fingerprint density at radius 2 is 2.16 bits per heavy atom. The lowest BCUT2D eigenvalue weighted by Crippen LogP contribution is -2.06. The van der Waals surface area contributed by atoms with Crippen molar-refractivity contribution in [3.63, 3.8) is 0 Å². The van der Waals surface area contributed by atoms with E-state index in [9.17, 15) is 9.18 Å². The molecule has 100 valence electrons. The van der Waals surface area contributed by atoms with Gasteiger partial charge in [0.1, 0.15) is 10.8 Å². The summed E-state index contributed by atoms with van der Waals surface area (Å²) in [7, 11) is 0. The fourth-order valence-corrected chi connectivity index (χ4v) is 2.58. The van der Waals surface area contributed by atoms with Gasteiger partial charge in [-0.25, -0.2) is 14.2 Å². The second kappa shape index (κ2) is 5.48. The minimum Gasteiger partial charge on any atom is -0.461 e. The summed E-state index contributed by atoms with van der Waals surface area (Å²) in [4.78, 5) is 16.8. The number of ether oxygens (including phenoxy) is 1. The lowest BCUT2D eigenvalue weighted by Gasteiger charge is -2.00. The highest BCUT2D eigenvalue weighted by Gasteiger charge is 2.17. The van der Waals surface area contributed by atoms with Crippen LogP contribution >= 0.6 is 11.3 Å². The number of thiazole rings is 1. The molecule has 0 radical (unpaired) electrons. The van der Waals surface area contributed by atoms with Gasteiger partial charge in [-0.15, -0.1) is 11.3 Å². The van der Waals surface area contributed by atoms with Crippen LogP contribution in [0.15, 0.2) is 18.2 Å². The predicted octanol–water partition coefficient (Wildman–Crippen LogP) is 3.74. The summed E-state index contributed by atoms with van der Waals surface area (Å²) in [5, 5.41) is 0.698. The van der Waals surface area contributed by atoms with Gasteiger partial charge >= 0.3 is 5.97 Å². The monoisotopic (exact) mass is 279 g/mol. The maximum Gasteiger partial charge on any atom is 0.358 e. The summed E-state index contributed by atoms with van der Waals surface area (Å²) in [6.07, 6.45) is 0. The lowest BCUT2D eigenvalue weighted by atomic mass is 10.1. The molecular weight excluding hydrogens is 265 g/mol. The van der Waals surface area contributed by atoms with E-state index in [0.29, 0.717) is 22.9 Å². The summed E-state index contributed by atoms with van der Waals surface area (Å²) in [5.41, 5.74) is 1.70. The highest BCUT2D eigenvalue weighted by molar-refractivity contribution is 7.15. The number of aryl methyl sites for hydroxylation is 2. The topological polar surface area (TPSA) is 39.2 Å². The van der Waals surface area contributed by atoms with E-state index < -0.39 is 5.97 Å². The Balaban J connectivity index is 2.38. The number of hydrogen-bond acceptors (Lipinski definition) is 4. The van der Waals surface area contributed by atoms with Crippen molar-refractivity contribution in [3.8, 4) is 10.6 Å². The van der Waals surface area contributed by atoms with Crippen LogP contribution in [-0.4, -0.2) is 17.6 Å². The van der Waals surface area contributed by atoms with Crippen molar-refractivity contribution in [1.82, 2.24) is 4.98 Å². The SMILES string of the molecule is CCOC(=O)c1nc(-c2ccc(F)c(C)c2)sc1C. The highest BCUT2D eigenvalue weighted by Crippen LogP contribution is 2.29. The second-order valence-corrected chi connectivity index (χ2v) is 5.31. The fraction of sp³-hybridized carbons (Fsp3) is 0.286. The van der Waals surface area contributed by atoms with Crippen molar-refractivity contribution in [3.05, 3.63) is 40.2 Å². The Kier molecular flexibility index (Phi) is 3.95. The van der Waals surface area contributed by atoms with Crippen molar-refractivity contribution in [2.45, 2.75) is 20.8 Å². The van der Waals surface area contributed by atoms with Gasteiger partial charge in [0.15, 0.2) is 5.69 Å². The van der Waals surface area contributed by atoms with Crippen LogP contribution < -0.4 is 0 Å². The molecule has 0 amide bonds. The van der Waals surface area contributed by atoms with E-state index in [0.717, 1.165) is 10.4 Å². The molecule has 2 rings (SSSR count). The molecule has 0 saturated heterocycles. The van der Waals surface area contributed by atoms with Gasteiger partial charge in [0.2, 0.25) is 0 Å². The average Bonchev–Trinajstić information content (AvgIpc) is 2.75. The van der Waals surface area contributed by atoms with Gasteiger partial charge in [-0.2, -0.15) is 0 Å². The molecular formula is C14H14FNO2S. The summed E-state index contributed by atoms with van der Waals surface area (Å²) in [5.74, 6) is -0.663. The smallest absolute Gasteiger partial charge is 0.358 e. The van der Waals surface area contributed by atoms with Crippen LogP contribution in [0.5, 0.6) is 0 Å². The van der Waals surface area contributed by atoms with E-state index in [1.54, 1.807) is 26.0 Å². The number of hydrogen-bond donors (Lipinski definition) is 0. The number of carbonyl (C=O) groups is 1. The molecule has 19 heavy (non-hydrogen) atoms. The molecule has 0 fully saturated rings. The van der Waals surface area contributed by atoms with E-state index in [1.807, 2.05) is 6.92 Å². The molecule has 0 atom stereocenters. The number of rotatable bonds is 3. The molecule has 0 aliphatic carbocycles. The number of halogens is 1. The van der Waals surface area contributed by atoms with Gasteiger partial charge in [0.25, 0.3) is 0 Å². The third-order valence-electron chi connectivity index (χ3n) is 2.67. The van der Waals surface area contributed by atoms with E-state index in [2.05, 4.69) is 4.98 Å². The van der Waals surface area contributed by atoms with E-state index in [-0.39, 0.29) is 5.82 Å². The van der Waals surface area contributed by atoms with Crippen LogP contribution in [-0.2, 0) is 4.74 Å². The minimum atomic E-state index is -0.415. The van der Waals surface area contributed by atoms with Crippen LogP contribution in [0, 0.1) is 19.7 Å². The first kappa shape index (κ1) is 13.7. The Hall–Kier alpha value is -1.75. The molecule has 1 aromatic carbocycles. The van der Waals surface area contributed by atoms with Gasteiger partial charge in [-0.05, 0) is 44.5 Å². The highest BCUT2D eigenvalue weighted by atomic mass is 32.1. The molecule has 1 heterocycles. The Bertz CT molecular complexity index is 622. The summed E-state index contributed by atoms with van der Waals surface area (Å²) in [6.45, 7) is 5.60. The molecule has 3 nitrogen and oxygen atoms in total. The van der Waals surface area contributed by atoms with Gasteiger partial charge in [-0.1, -0.05) is 0 Å². The normalized spacial score (nSPS) is 10.5. The van der Waals surface area contributed by atoms with Crippen molar-refractivity contribution in [2.24, 2.45) is 0 Å². The van der Waals surface area contributed by atoms with Crippen molar-refractivity contribution < 1.29 is 13.9 Å². The van der Waals surface area contributed by atoms with E-state index in [4.69, 9.17) is 4.74 Å². The number of carbonyl (C=O) groups excluding carboxylic acids is 1. The van der Waals surface area contributed by atoms with Crippen LogP contribution in [0.3, 0.4) is 0 Å². The molecule has 0 N–H and O–H groups in total. The average molecular weight is 279 g/mol. The predicted molar refractivity (Wildman–Crippen MR) is 72.9 cm³/mol. The zero-order chi connectivity index (χ0) is 14.0. The van der Waals surface area contributed by atoms with Gasteiger partial charge in [0, 0.05) is 10.4 Å². The summed E-state index contributed by atoms with van der Waals surface area (Å²) in [6, 6.07) is 4.80. The minimum absolute atomic E-state index is 0.248. The van der Waals surface area contributed by atoms with Crippen LogP contribution in [0.1, 0.15) is 27.9 Å². The third kappa shape index (κ3) is 2.81. The van der Waals surface area contributed by atoms with Crippen LogP contribution in [0.2, 0.25) is 0 Å². The number of esters is 1. The number of benzene rings is 1. The second-order valence-electron chi connectivity index (χ2n) is 4.11. The fourth-order valence-electron chi connectivity index (χ4n) is 1.69. The zero-order valence-corrected chi connectivity index (χ0v) is 11.8. The quantitative estimate of drug-likeness (QED) is 0.803. The molecule has 0 saturated carbocycles. The Morgan fingerprint density at radius 1 is 1.42 bits per heavy atom. The van der Waals surface area contributed by atoms with E-state index >= 15 is 0 Å². The Labute approximate surface area is 115 Å². The Morgan fingerprint density at radius 3 is 2.79 bits per heavy atom. The molecule has 0 aliphatic rings. The lowest BCUT2D eigenvalue weighted by molar-refractivity contribution is 0.0519. The van der Waals surface area contributed by atoms with Gasteiger partial charge in [-0.3, -0.25) is 0 Å². The molecule has 2 aromatic rings. The molecule has 0 aliphatic heterocycles. The number of nitrogens with zero attached hydrogens (tertiary/aromatic N) is 1. The standard InChI is InChI=1S/C14H14FNO2S/c1-4-18-14(17)12-9(3)19-13(16-12)10-5-6-11(15)8(2)7-10/h5-7H,4H2,1-3H3. The van der Waals surface area contributed by atoms with Crippen LogP contribution in [0.4, 0.5) is 4.39 Å². The largest absolute Gasteiger partial charge is 0.461 e. The summed E-state index contributed by atoms with van der Waals surface area (Å²) < 4.78 is 18.2. The first-order valence-corrected chi connectivity index (χ1v) is 6.75. The first-order valence-electron chi connectivity index (χ1n) is 5.94. The molecule has 5 heteroatoms. The van der Waals surface area contributed by atoms with Gasteiger partial charge in [0.05, 0.1) is 6.61 Å². The zero-order valence-electron chi connectivity index (χ0n) is 11.0. The maximum absolute atomic E-state index is 13.2. The number of aromatic nitrogens is 1.